The van der Waals surface area contributed by atoms with Gasteiger partial charge in [0.1, 0.15) is 5.75 Å². The summed E-state index contributed by atoms with van der Waals surface area (Å²) < 4.78 is 10.1. The zero-order chi connectivity index (χ0) is 14.5. The van der Waals surface area contributed by atoms with E-state index in [0.29, 0.717) is 5.02 Å². The van der Waals surface area contributed by atoms with Crippen LogP contribution in [0.5, 0.6) is 5.75 Å². The van der Waals surface area contributed by atoms with Gasteiger partial charge in [0.05, 0.1) is 20.6 Å². The van der Waals surface area contributed by atoms with E-state index < -0.39 is 0 Å². The van der Waals surface area contributed by atoms with E-state index in [1.54, 1.807) is 7.11 Å². The standard InChI is InChI=1S/C16H15ClO3/c1-19-15-8-3-11(10-16(18)20-2)9-14(15)12-4-6-13(17)7-5-12/h3-9H,10H2,1-2H3. The summed E-state index contributed by atoms with van der Waals surface area (Å²) in [5.41, 5.74) is 2.78. The number of methoxy groups -OCH3 is 2. The summed E-state index contributed by atoms with van der Waals surface area (Å²) in [4.78, 5) is 11.4. The third-order valence-electron chi connectivity index (χ3n) is 3.00. The fraction of sp³-hybridized carbons (Fsp3) is 0.188. The lowest BCUT2D eigenvalue weighted by atomic mass is 10.0. The molecule has 20 heavy (non-hydrogen) atoms. The fourth-order valence-corrected chi connectivity index (χ4v) is 2.08. The summed E-state index contributed by atoms with van der Waals surface area (Å²) in [6.07, 6.45) is 0.237. The molecule has 4 heteroatoms. The van der Waals surface area contributed by atoms with Gasteiger partial charge in [0.25, 0.3) is 0 Å². The maximum atomic E-state index is 11.4. The molecule has 0 aliphatic carbocycles. The average Bonchev–Trinajstić information content (AvgIpc) is 2.48. The van der Waals surface area contributed by atoms with Gasteiger partial charge in [-0.3, -0.25) is 4.79 Å². The maximum absolute atomic E-state index is 11.4. The molecular weight excluding hydrogens is 276 g/mol. The lowest BCUT2D eigenvalue weighted by Gasteiger charge is -2.11. The van der Waals surface area contributed by atoms with Crippen LogP contribution in [0.4, 0.5) is 0 Å². The summed E-state index contributed by atoms with van der Waals surface area (Å²) in [6, 6.07) is 13.1. The Balaban J connectivity index is 2.41. The highest BCUT2D eigenvalue weighted by Gasteiger charge is 2.09. The third kappa shape index (κ3) is 3.31. The van der Waals surface area contributed by atoms with Gasteiger partial charge in [0.2, 0.25) is 0 Å². The zero-order valence-electron chi connectivity index (χ0n) is 11.4. The Labute approximate surface area is 123 Å². The van der Waals surface area contributed by atoms with Crippen LogP contribution in [-0.4, -0.2) is 20.2 Å². The highest BCUT2D eigenvalue weighted by atomic mass is 35.5. The van der Waals surface area contributed by atoms with Crippen LogP contribution in [0.25, 0.3) is 11.1 Å². The second kappa shape index (κ2) is 6.44. The minimum atomic E-state index is -0.266. The van der Waals surface area contributed by atoms with Gasteiger partial charge in [-0.2, -0.15) is 0 Å². The highest BCUT2D eigenvalue weighted by molar-refractivity contribution is 6.30. The molecule has 3 nitrogen and oxygen atoms in total. The molecule has 0 bridgehead atoms. The first-order valence-corrected chi connectivity index (χ1v) is 6.51. The molecule has 2 aromatic carbocycles. The van der Waals surface area contributed by atoms with Crippen LogP contribution in [0.3, 0.4) is 0 Å². The molecule has 0 unspecified atom stereocenters. The summed E-state index contributed by atoms with van der Waals surface area (Å²) in [5.74, 6) is 0.484. The van der Waals surface area contributed by atoms with Gasteiger partial charge in [-0.05, 0) is 35.4 Å². The molecule has 0 radical (unpaired) electrons. The van der Waals surface area contributed by atoms with Crippen molar-refractivity contribution in [2.45, 2.75) is 6.42 Å². The molecule has 0 saturated carbocycles. The predicted octanol–water partition coefficient (Wildman–Crippen LogP) is 3.73. The second-order valence-electron chi connectivity index (χ2n) is 4.29. The van der Waals surface area contributed by atoms with Gasteiger partial charge in [0.15, 0.2) is 0 Å². The van der Waals surface area contributed by atoms with Gasteiger partial charge in [-0.15, -0.1) is 0 Å². The van der Waals surface area contributed by atoms with E-state index in [4.69, 9.17) is 16.3 Å². The van der Waals surface area contributed by atoms with Crippen molar-refractivity contribution in [1.82, 2.24) is 0 Å². The number of rotatable bonds is 4. The SMILES string of the molecule is COC(=O)Cc1ccc(OC)c(-c2ccc(Cl)cc2)c1. The van der Waals surface area contributed by atoms with Gasteiger partial charge in [0, 0.05) is 10.6 Å². The topological polar surface area (TPSA) is 35.5 Å². The van der Waals surface area contributed by atoms with Crippen LogP contribution in [0, 0.1) is 0 Å². The summed E-state index contributed by atoms with van der Waals surface area (Å²) >= 11 is 5.90. The first-order valence-electron chi connectivity index (χ1n) is 6.13. The zero-order valence-corrected chi connectivity index (χ0v) is 12.1. The minimum Gasteiger partial charge on any atom is -0.496 e. The Morgan fingerprint density at radius 2 is 1.80 bits per heavy atom. The van der Waals surface area contributed by atoms with Crippen LogP contribution < -0.4 is 4.74 Å². The van der Waals surface area contributed by atoms with E-state index in [2.05, 4.69) is 4.74 Å². The minimum absolute atomic E-state index is 0.237. The van der Waals surface area contributed by atoms with Crippen molar-refractivity contribution >= 4 is 17.6 Å². The molecular formula is C16H15ClO3. The number of halogens is 1. The molecule has 0 aromatic heterocycles. The molecule has 0 amide bonds. The van der Waals surface area contributed by atoms with E-state index in [1.807, 2.05) is 42.5 Å². The Kier molecular flexibility index (Phi) is 4.64. The van der Waals surface area contributed by atoms with E-state index in [0.717, 1.165) is 22.4 Å². The Morgan fingerprint density at radius 3 is 2.40 bits per heavy atom. The van der Waals surface area contributed by atoms with Gasteiger partial charge in [-0.25, -0.2) is 0 Å². The van der Waals surface area contributed by atoms with Crippen molar-refractivity contribution in [3.8, 4) is 16.9 Å². The van der Waals surface area contributed by atoms with Crippen LogP contribution in [0.2, 0.25) is 5.02 Å². The van der Waals surface area contributed by atoms with E-state index in [-0.39, 0.29) is 12.4 Å². The molecule has 2 rings (SSSR count). The average molecular weight is 291 g/mol. The number of carbonyl (C=O) groups excluding carboxylic acids is 1. The molecule has 0 saturated heterocycles. The number of benzene rings is 2. The summed E-state index contributed by atoms with van der Waals surface area (Å²) in [6.45, 7) is 0. The van der Waals surface area contributed by atoms with Crippen molar-refractivity contribution in [2.24, 2.45) is 0 Å². The molecule has 0 heterocycles. The molecule has 0 aliphatic heterocycles. The summed E-state index contributed by atoms with van der Waals surface area (Å²) in [7, 11) is 3.00. The molecule has 0 fully saturated rings. The second-order valence-corrected chi connectivity index (χ2v) is 4.73. The van der Waals surface area contributed by atoms with Crippen molar-refractivity contribution in [2.75, 3.05) is 14.2 Å². The van der Waals surface area contributed by atoms with Crippen molar-refractivity contribution in [1.29, 1.82) is 0 Å². The molecule has 104 valence electrons. The third-order valence-corrected chi connectivity index (χ3v) is 3.25. The number of ether oxygens (including phenoxy) is 2. The van der Waals surface area contributed by atoms with Crippen LogP contribution in [0.15, 0.2) is 42.5 Å². The summed E-state index contributed by atoms with van der Waals surface area (Å²) in [5, 5.41) is 0.679. The molecule has 0 aliphatic rings. The Bertz CT molecular complexity index is 606. The Morgan fingerprint density at radius 1 is 1.10 bits per heavy atom. The van der Waals surface area contributed by atoms with E-state index >= 15 is 0 Å². The number of hydrogen-bond donors (Lipinski definition) is 0. The van der Waals surface area contributed by atoms with Crippen LogP contribution in [0.1, 0.15) is 5.56 Å². The number of hydrogen-bond acceptors (Lipinski definition) is 3. The molecule has 2 aromatic rings. The van der Waals surface area contributed by atoms with Crippen molar-refractivity contribution in [3.63, 3.8) is 0 Å². The van der Waals surface area contributed by atoms with Crippen LogP contribution in [-0.2, 0) is 16.0 Å². The predicted molar refractivity (Wildman–Crippen MR) is 79.2 cm³/mol. The fourth-order valence-electron chi connectivity index (χ4n) is 1.96. The monoisotopic (exact) mass is 290 g/mol. The highest BCUT2D eigenvalue weighted by Crippen LogP contribution is 2.31. The number of esters is 1. The normalized spacial score (nSPS) is 10.2. The van der Waals surface area contributed by atoms with Gasteiger partial charge in [-0.1, -0.05) is 29.8 Å². The quantitative estimate of drug-likeness (QED) is 0.805. The van der Waals surface area contributed by atoms with Crippen LogP contribution >= 0.6 is 11.6 Å². The van der Waals surface area contributed by atoms with E-state index in [9.17, 15) is 4.79 Å². The lowest BCUT2D eigenvalue weighted by Crippen LogP contribution is -2.04. The van der Waals surface area contributed by atoms with Gasteiger partial charge >= 0.3 is 5.97 Å². The van der Waals surface area contributed by atoms with E-state index in [1.165, 1.54) is 7.11 Å². The largest absolute Gasteiger partial charge is 0.496 e. The van der Waals surface area contributed by atoms with Crippen molar-refractivity contribution in [3.05, 3.63) is 53.1 Å². The Hall–Kier alpha value is -2.00. The maximum Gasteiger partial charge on any atom is 0.309 e. The first-order chi connectivity index (χ1) is 9.63. The first kappa shape index (κ1) is 14.4. The lowest BCUT2D eigenvalue weighted by molar-refractivity contribution is -0.139. The molecule has 0 N–H and O–H groups in total. The molecule has 0 atom stereocenters. The number of carbonyl (C=O) groups is 1. The molecule has 0 spiro atoms. The van der Waals surface area contributed by atoms with Gasteiger partial charge < -0.3 is 9.47 Å². The van der Waals surface area contributed by atoms with Crippen molar-refractivity contribution < 1.29 is 14.3 Å². The smallest absolute Gasteiger partial charge is 0.309 e.